The molecule has 0 spiro atoms. The van der Waals surface area contributed by atoms with Gasteiger partial charge in [-0.3, -0.25) is 19.3 Å². The Morgan fingerprint density at radius 1 is 0.970 bits per heavy atom. The Kier molecular flexibility index (Phi) is 5.32. The van der Waals surface area contributed by atoms with Crippen LogP contribution in [0.3, 0.4) is 0 Å². The largest absolute Gasteiger partial charge is 0.452 e. The van der Waals surface area contributed by atoms with E-state index >= 15 is 0 Å². The third kappa shape index (κ3) is 3.73. The van der Waals surface area contributed by atoms with Crippen LogP contribution in [0.5, 0.6) is 0 Å². The molecule has 0 radical (unpaired) electrons. The SMILES string of the molecule is C[C@H](NC(=O)COC(=O)c1ccc(N2C(=O)[C@@H]3[C@H](C2=O)[C@H]2C=C[C@H]3C2)cc1)c1ccccc1. The van der Waals surface area contributed by atoms with Crippen molar-refractivity contribution in [1.82, 2.24) is 5.32 Å². The molecule has 1 aliphatic heterocycles. The normalized spacial score (nSPS) is 25.8. The predicted octanol–water partition coefficient (Wildman–Crippen LogP) is 3.03. The van der Waals surface area contributed by atoms with Crippen LogP contribution in [0.1, 0.15) is 35.3 Å². The van der Waals surface area contributed by atoms with Gasteiger partial charge >= 0.3 is 5.97 Å². The average Bonchev–Trinajstić information content (AvgIpc) is 3.52. The number of carbonyl (C=O) groups is 4. The van der Waals surface area contributed by atoms with E-state index in [9.17, 15) is 19.2 Å². The summed E-state index contributed by atoms with van der Waals surface area (Å²) < 4.78 is 5.12. The summed E-state index contributed by atoms with van der Waals surface area (Å²) in [7, 11) is 0. The molecule has 0 unspecified atom stereocenters. The summed E-state index contributed by atoms with van der Waals surface area (Å²) in [5, 5.41) is 2.79. The molecule has 1 saturated heterocycles. The molecule has 7 heteroatoms. The zero-order valence-electron chi connectivity index (χ0n) is 18.1. The van der Waals surface area contributed by atoms with E-state index in [2.05, 4.69) is 17.5 Å². The van der Waals surface area contributed by atoms with Crippen LogP contribution in [-0.2, 0) is 19.1 Å². The lowest BCUT2D eigenvalue weighted by Gasteiger charge is -2.17. The maximum Gasteiger partial charge on any atom is 0.338 e. The first-order valence-corrected chi connectivity index (χ1v) is 11.1. The fourth-order valence-corrected chi connectivity index (χ4v) is 5.23. The van der Waals surface area contributed by atoms with Gasteiger partial charge in [0.2, 0.25) is 11.8 Å². The molecular formula is C26H24N2O5. The predicted molar refractivity (Wildman–Crippen MR) is 120 cm³/mol. The van der Waals surface area contributed by atoms with Gasteiger partial charge in [0.25, 0.3) is 5.91 Å². The fourth-order valence-electron chi connectivity index (χ4n) is 5.23. The van der Waals surface area contributed by atoms with Crippen molar-refractivity contribution in [2.75, 3.05) is 11.5 Å². The Morgan fingerprint density at radius 2 is 1.58 bits per heavy atom. The molecule has 2 fully saturated rings. The number of allylic oxidation sites excluding steroid dienone is 2. The summed E-state index contributed by atoms with van der Waals surface area (Å²) in [6, 6.07) is 15.4. The number of fused-ring (bicyclic) bond motifs is 5. The zero-order valence-corrected chi connectivity index (χ0v) is 18.1. The molecule has 5 rings (SSSR count). The van der Waals surface area contributed by atoms with E-state index in [4.69, 9.17) is 4.74 Å². The van der Waals surface area contributed by atoms with Gasteiger partial charge in [0.05, 0.1) is 29.1 Å². The highest BCUT2D eigenvalue weighted by atomic mass is 16.5. The number of hydrogen-bond acceptors (Lipinski definition) is 5. The molecule has 33 heavy (non-hydrogen) atoms. The number of benzene rings is 2. The van der Waals surface area contributed by atoms with Crippen molar-refractivity contribution in [3.63, 3.8) is 0 Å². The molecule has 0 aromatic heterocycles. The number of amides is 3. The second kappa shape index (κ2) is 8.31. The summed E-state index contributed by atoms with van der Waals surface area (Å²) >= 11 is 0. The lowest BCUT2D eigenvalue weighted by atomic mass is 9.85. The van der Waals surface area contributed by atoms with Gasteiger partial charge < -0.3 is 10.1 Å². The third-order valence-corrected chi connectivity index (χ3v) is 6.84. The van der Waals surface area contributed by atoms with E-state index in [1.54, 1.807) is 12.1 Å². The van der Waals surface area contributed by atoms with E-state index in [1.165, 1.54) is 17.0 Å². The molecule has 2 aromatic rings. The van der Waals surface area contributed by atoms with Crippen LogP contribution in [0, 0.1) is 23.7 Å². The van der Waals surface area contributed by atoms with Crippen molar-refractivity contribution >= 4 is 29.4 Å². The van der Waals surface area contributed by atoms with E-state index in [0.29, 0.717) is 5.69 Å². The van der Waals surface area contributed by atoms with Crippen molar-refractivity contribution in [3.8, 4) is 0 Å². The maximum atomic E-state index is 12.9. The number of nitrogens with zero attached hydrogens (tertiary/aromatic N) is 1. The number of ether oxygens (including phenoxy) is 1. The molecule has 1 N–H and O–H groups in total. The molecule has 2 aromatic carbocycles. The highest BCUT2D eigenvalue weighted by Crippen LogP contribution is 2.53. The molecule has 7 nitrogen and oxygen atoms in total. The minimum absolute atomic E-state index is 0.145. The van der Waals surface area contributed by atoms with E-state index in [1.807, 2.05) is 37.3 Å². The number of hydrogen-bond donors (Lipinski definition) is 1. The van der Waals surface area contributed by atoms with Crippen LogP contribution in [0.4, 0.5) is 5.69 Å². The van der Waals surface area contributed by atoms with Gasteiger partial charge in [-0.15, -0.1) is 0 Å². The average molecular weight is 444 g/mol. The lowest BCUT2D eigenvalue weighted by Crippen LogP contribution is -2.33. The Balaban J connectivity index is 1.18. The fraction of sp³-hybridized carbons (Fsp3) is 0.308. The molecule has 5 atom stereocenters. The molecular weight excluding hydrogens is 420 g/mol. The second-order valence-corrected chi connectivity index (χ2v) is 8.83. The van der Waals surface area contributed by atoms with Gasteiger partial charge in [-0.1, -0.05) is 42.5 Å². The van der Waals surface area contributed by atoms with Crippen LogP contribution in [0.15, 0.2) is 66.7 Å². The van der Waals surface area contributed by atoms with Crippen LogP contribution < -0.4 is 10.2 Å². The van der Waals surface area contributed by atoms with E-state index < -0.39 is 18.5 Å². The van der Waals surface area contributed by atoms with Crippen LogP contribution in [0.2, 0.25) is 0 Å². The Bertz CT molecular complexity index is 1110. The smallest absolute Gasteiger partial charge is 0.338 e. The molecule has 3 aliphatic rings. The van der Waals surface area contributed by atoms with Crippen molar-refractivity contribution in [1.29, 1.82) is 0 Å². The van der Waals surface area contributed by atoms with Gasteiger partial charge in [0.15, 0.2) is 6.61 Å². The van der Waals surface area contributed by atoms with Crippen molar-refractivity contribution in [2.24, 2.45) is 23.7 Å². The number of anilines is 1. The van der Waals surface area contributed by atoms with Crippen LogP contribution in [0.25, 0.3) is 0 Å². The van der Waals surface area contributed by atoms with Gasteiger partial charge in [0.1, 0.15) is 0 Å². The van der Waals surface area contributed by atoms with Crippen LogP contribution in [-0.4, -0.2) is 30.3 Å². The number of esters is 1. The Labute approximate surface area is 191 Å². The first-order valence-electron chi connectivity index (χ1n) is 11.1. The number of carbonyl (C=O) groups excluding carboxylic acids is 4. The standard InChI is InChI=1S/C26H24N2O5/c1-15(16-5-3-2-4-6-16)27-21(29)14-33-26(32)17-9-11-20(12-10-17)28-24(30)22-18-7-8-19(13-18)23(22)25(28)31/h2-12,15,18-19,22-23H,13-14H2,1H3,(H,27,29)/t15-,18-,19-,22-,23+/m0/s1. The Morgan fingerprint density at radius 3 is 2.18 bits per heavy atom. The highest BCUT2D eigenvalue weighted by Gasteiger charge is 2.59. The van der Waals surface area contributed by atoms with Crippen molar-refractivity contribution < 1.29 is 23.9 Å². The summed E-state index contributed by atoms with van der Waals surface area (Å²) in [5.74, 6) is -1.63. The van der Waals surface area contributed by atoms with E-state index in [0.717, 1.165) is 12.0 Å². The molecule has 1 heterocycles. The summed E-state index contributed by atoms with van der Waals surface area (Å²) in [6.45, 7) is 1.45. The molecule has 2 aliphatic carbocycles. The highest BCUT2D eigenvalue weighted by molar-refractivity contribution is 6.22. The number of imide groups is 1. The van der Waals surface area contributed by atoms with Crippen LogP contribution >= 0.6 is 0 Å². The van der Waals surface area contributed by atoms with Gasteiger partial charge in [-0.05, 0) is 55.0 Å². The van der Waals surface area contributed by atoms with Gasteiger partial charge in [-0.2, -0.15) is 0 Å². The second-order valence-electron chi connectivity index (χ2n) is 8.83. The van der Waals surface area contributed by atoms with E-state index in [-0.39, 0.29) is 47.1 Å². The summed E-state index contributed by atoms with van der Waals surface area (Å²) in [4.78, 5) is 51.6. The molecule has 168 valence electrons. The molecule has 2 bridgehead atoms. The monoisotopic (exact) mass is 444 g/mol. The molecule has 1 saturated carbocycles. The first-order chi connectivity index (χ1) is 15.9. The lowest BCUT2D eigenvalue weighted by molar-refractivity contribution is -0.125. The number of rotatable bonds is 6. The molecule has 3 amide bonds. The van der Waals surface area contributed by atoms with Crippen molar-refractivity contribution in [3.05, 3.63) is 77.9 Å². The quantitative estimate of drug-likeness (QED) is 0.420. The van der Waals surface area contributed by atoms with Crippen molar-refractivity contribution in [2.45, 2.75) is 19.4 Å². The van der Waals surface area contributed by atoms with Gasteiger partial charge in [0, 0.05) is 0 Å². The zero-order chi connectivity index (χ0) is 23.1. The van der Waals surface area contributed by atoms with Gasteiger partial charge in [-0.25, -0.2) is 4.79 Å². The summed E-state index contributed by atoms with van der Waals surface area (Å²) in [6.07, 6.45) is 4.98. The summed E-state index contributed by atoms with van der Waals surface area (Å²) in [5.41, 5.74) is 1.64. The third-order valence-electron chi connectivity index (χ3n) is 6.84. The minimum atomic E-state index is -0.651. The topological polar surface area (TPSA) is 92.8 Å². The number of nitrogens with one attached hydrogen (secondary N) is 1. The Hall–Kier alpha value is -3.74. The maximum absolute atomic E-state index is 12.9. The first kappa shape index (κ1) is 21.1. The minimum Gasteiger partial charge on any atom is -0.452 e.